The van der Waals surface area contributed by atoms with Crippen molar-refractivity contribution >= 4 is 9.84 Å². The smallest absolute Gasteiger partial charge is 0.181 e. The highest BCUT2D eigenvalue weighted by Crippen LogP contribution is 2.34. The van der Waals surface area contributed by atoms with Gasteiger partial charge in [0.05, 0.1) is 10.1 Å². The first-order chi connectivity index (χ1) is 6.51. The first-order valence-electron chi connectivity index (χ1n) is 4.24. The minimum Gasteiger partial charge on any atom is -0.505 e. The Labute approximate surface area is 81.1 Å². The van der Waals surface area contributed by atoms with Crippen LogP contribution in [0.25, 0.3) is 0 Å². The summed E-state index contributed by atoms with van der Waals surface area (Å²) < 4.78 is 36.1. The molecule has 0 unspecified atom stereocenters. The second-order valence-electron chi connectivity index (χ2n) is 3.36. The lowest BCUT2D eigenvalue weighted by Crippen LogP contribution is -2.07. The van der Waals surface area contributed by atoms with E-state index in [2.05, 4.69) is 0 Å². The van der Waals surface area contributed by atoms with Crippen molar-refractivity contribution in [2.75, 3.05) is 0 Å². The van der Waals surface area contributed by atoms with Crippen LogP contribution < -0.4 is 0 Å². The Morgan fingerprint density at radius 3 is 2.50 bits per heavy atom. The van der Waals surface area contributed by atoms with Gasteiger partial charge in [-0.05, 0) is 31.0 Å². The molecule has 1 N–H and O–H groups in total. The van der Waals surface area contributed by atoms with Crippen LogP contribution in [-0.2, 0) is 9.84 Å². The molecule has 2 rings (SSSR count). The highest BCUT2D eigenvalue weighted by atomic mass is 32.2. The van der Waals surface area contributed by atoms with E-state index in [1.54, 1.807) is 0 Å². The van der Waals surface area contributed by atoms with Crippen LogP contribution in [0.3, 0.4) is 0 Å². The van der Waals surface area contributed by atoms with Gasteiger partial charge < -0.3 is 5.11 Å². The summed E-state index contributed by atoms with van der Waals surface area (Å²) in [7, 11) is -3.36. The predicted molar refractivity (Wildman–Crippen MR) is 48.3 cm³/mol. The zero-order chi connectivity index (χ0) is 10.3. The van der Waals surface area contributed by atoms with Crippen LogP contribution >= 0.6 is 0 Å². The third-order valence-electron chi connectivity index (χ3n) is 2.21. The zero-order valence-corrected chi connectivity index (χ0v) is 8.09. The summed E-state index contributed by atoms with van der Waals surface area (Å²) >= 11 is 0. The monoisotopic (exact) mass is 216 g/mol. The minimum absolute atomic E-state index is 0.0460. The summed E-state index contributed by atoms with van der Waals surface area (Å²) in [5.74, 6) is -1.42. The number of benzene rings is 1. The predicted octanol–water partition coefficient (Wildman–Crippen LogP) is 1.47. The Kier molecular flexibility index (Phi) is 1.99. The lowest BCUT2D eigenvalue weighted by Gasteiger charge is -2.02. The summed E-state index contributed by atoms with van der Waals surface area (Å²) in [6.45, 7) is 0. The second-order valence-corrected chi connectivity index (χ2v) is 5.59. The van der Waals surface area contributed by atoms with Crippen LogP contribution in [0.15, 0.2) is 23.1 Å². The van der Waals surface area contributed by atoms with E-state index >= 15 is 0 Å². The lowest BCUT2D eigenvalue weighted by molar-refractivity contribution is 0.431. The van der Waals surface area contributed by atoms with Gasteiger partial charge in [-0.1, -0.05) is 0 Å². The molecule has 0 saturated heterocycles. The molecule has 76 valence electrons. The molecule has 0 aliphatic heterocycles. The van der Waals surface area contributed by atoms with Gasteiger partial charge in [-0.2, -0.15) is 0 Å². The number of hydrogen-bond donors (Lipinski definition) is 1. The van der Waals surface area contributed by atoms with Crippen LogP contribution in [0.1, 0.15) is 12.8 Å². The van der Waals surface area contributed by atoms with Gasteiger partial charge in [0.15, 0.2) is 21.4 Å². The minimum atomic E-state index is -3.36. The number of phenolic OH excluding ortho intramolecular Hbond substituents is 1. The maximum absolute atomic E-state index is 12.9. The first kappa shape index (κ1) is 9.45. The van der Waals surface area contributed by atoms with Crippen LogP contribution in [0, 0.1) is 5.82 Å². The van der Waals surface area contributed by atoms with Crippen molar-refractivity contribution in [1.29, 1.82) is 0 Å². The molecule has 0 spiro atoms. The second kappa shape index (κ2) is 2.95. The van der Waals surface area contributed by atoms with Gasteiger partial charge in [-0.3, -0.25) is 0 Å². The average molecular weight is 216 g/mol. The summed E-state index contributed by atoms with van der Waals surface area (Å²) in [5, 5.41) is 8.54. The number of hydrogen-bond acceptors (Lipinski definition) is 3. The fourth-order valence-corrected chi connectivity index (χ4v) is 2.90. The standard InChI is InChI=1S/C9H9FO3S/c10-8-5-7(3-4-9(8)11)14(12,13)6-1-2-6/h3-6,11H,1-2H2. The van der Waals surface area contributed by atoms with Crippen molar-refractivity contribution < 1.29 is 17.9 Å². The SMILES string of the molecule is O=S(=O)(c1ccc(O)c(F)c1)C1CC1. The summed E-state index contributed by atoms with van der Waals surface area (Å²) in [6.07, 6.45) is 1.29. The van der Waals surface area contributed by atoms with Gasteiger partial charge in [-0.25, -0.2) is 12.8 Å². The van der Waals surface area contributed by atoms with Gasteiger partial charge in [-0.15, -0.1) is 0 Å². The highest BCUT2D eigenvalue weighted by Gasteiger charge is 2.37. The molecule has 0 bridgehead atoms. The van der Waals surface area contributed by atoms with Crippen LogP contribution in [-0.4, -0.2) is 18.8 Å². The molecule has 3 nitrogen and oxygen atoms in total. The highest BCUT2D eigenvalue weighted by molar-refractivity contribution is 7.92. The van der Waals surface area contributed by atoms with Crippen LogP contribution in [0.5, 0.6) is 5.75 Å². The molecule has 0 atom stereocenters. The van der Waals surface area contributed by atoms with E-state index in [9.17, 15) is 12.8 Å². The molecule has 5 heteroatoms. The topological polar surface area (TPSA) is 54.4 Å². The Morgan fingerprint density at radius 1 is 1.36 bits per heavy atom. The molecule has 0 heterocycles. The quantitative estimate of drug-likeness (QED) is 0.814. The van der Waals surface area contributed by atoms with Crippen LogP contribution in [0.4, 0.5) is 4.39 Å². The van der Waals surface area contributed by atoms with Gasteiger partial charge >= 0.3 is 0 Å². The average Bonchev–Trinajstić information content (AvgIpc) is 2.92. The molecule has 1 fully saturated rings. The number of aromatic hydroxyl groups is 1. The normalized spacial score (nSPS) is 16.9. The summed E-state index contributed by atoms with van der Waals surface area (Å²) in [6, 6.07) is 3.15. The van der Waals surface area contributed by atoms with Gasteiger partial charge in [0.2, 0.25) is 0 Å². The maximum atomic E-state index is 12.9. The van der Waals surface area contributed by atoms with Gasteiger partial charge in [0.1, 0.15) is 0 Å². The van der Waals surface area contributed by atoms with E-state index in [4.69, 9.17) is 5.11 Å². The Balaban J connectivity index is 2.46. The molecular formula is C9H9FO3S. The number of halogens is 1. The molecule has 0 aromatic heterocycles. The fraction of sp³-hybridized carbons (Fsp3) is 0.333. The van der Waals surface area contributed by atoms with Crippen molar-refractivity contribution in [3.63, 3.8) is 0 Å². The molecule has 1 aliphatic carbocycles. The third kappa shape index (κ3) is 1.48. The molecule has 1 aliphatic rings. The largest absolute Gasteiger partial charge is 0.505 e. The van der Waals surface area contributed by atoms with Crippen LogP contribution in [0.2, 0.25) is 0 Å². The van der Waals surface area contributed by atoms with E-state index < -0.39 is 21.4 Å². The van der Waals surface area contributed by atoms with Gasteiger partial charge in [0, 0.05) is 0 Å². The van der Waals surface area contributed by atoms with Crippen molar-refractivity contribution in [1.82, 2.24) is 0 Å². The molecule has 14 heavy (non-hydrogen) atoms. The molecule has 1 aromatic carbocycles. The molecule has 1 saturated carbocycles. The molecule has 0 radical (unpaired) electrons. The first-order valence-corrected chi connectivity index (χ1v) is 5.79. The molecule has 0 amide bonds. The fourth-order valence-electron chi connectivity index (χ4n) is 1.24. The van der Waals surface area contributed by atoms with Crippen molar-refractivity contribution in [3.05, 3.63) is 24.0 Å². The Bertz CT molecular complexity index is 463. The van der Waals surface area contributed by atoms with E-state index in [0.717, 1.165) is 12.1 Å². The Hall–Kier alpha value is -1.10. The van der Waals surface area contributed by atoms with E-state index in [-0.39, 0.29) is 10.1 Å². The van der Waals surface area contributed by atoms with Crippen molar-refractivity contribution in [2.24, 2.45) is 0 Å². The molecule has 1 aromatic rings. The lowest BCUT2D eigenvalue weighted by atomic mass is 10.3. The van der Waals surface area contributed by atoms with Crippen molar-refractivity contribution in [2.45, 2.75) is 23.0 Å². The summed E-state index contributed by atoms with van der Waals surface area (Å²) in [4.78, 5) is -0.0460. The number of rotatable bonds is 2. The third-order valence-corrected chi connectivity index (χ3v) is 4.47. The van der Waals surface area contributed by atoms with E-state index in [1.807, 2.05) is 0 Å². The zero-order valence-electron chi connectivity index (χ0n) is 7.27. The van der Waals surface area contributed by atoms with Gasteiger partial charge in [0.25, 0.3) is 0 Å². The Morgan fingerprint density at radius 2 is 2.00 bits per heavy atom. The van der Waals surface area contributed by atoms with Crippen molar-refractivity contribution in [3.8, 4) is 5.75 Å². The van der Waals surface area contributed by atoms with E-state index in [0.29, 0.717) is 12.8 Å². The molecular weight excluding hydrogens is 207 g/mol. The summed E-state index contributed by atoms with van der Waals surface area (Å²) in [5.41, 5.74) is 0. The van der Waals surface area contributed by atoms with E-state index in [1.165, 1.54) is 6.07 Å². The maximum Gasteiger partial charge on any atom is 0.181 e. The number of phenols is 1. The number of sulfone groups is 1.